The van der Waals surface area contributed by atoms with Crippen LogP contribution in [0.3, 0.4) is 0 Å². The zero-order valence-corrected chi connectivity index (χ0v) is 13.5. The molecule has 0 radical (unpaired) electrons. The van der Waals surface area contributed by atoms with Crippen molar-refractivity contribution in [3.05, 3.63) is 29.3 Å². The summed E-state index contributed by atoms with van der Waals surface area (Å²) in [5.74, 6) is 0.684. The molecule has 2 N–H and O–H groups in total. The van der Waals surface area contributed by atoms with Gasteiger partial charge in [-0.3, -0.25) is 4.79 Å². The van der Waals surface area contributed by atoms with E-state index in [1.807, 2.05) is 32.0 Å². The Bertz CT molecular complexity index is 488. The topological polar surface area (TPSA) is 61.5 Å². The lowest BCUT2D eigenvalue weighted by Gasteiger charge is -2.10. The molecule has 21 heavy (non-hydrogen) atoms. The van der Waals surface area contributed by atoms with Crippen molar-refractivity contribution in [2.75, 3.05) is 13.2 Å². The van der Waals surface area contributed by atoms with E-state index < -0.39 is 0 Å². The first kappa shape index (κ1) is 17.4. The van der Waals surface area contributed by atoms with E-state index in [0.29, 0.717) is 24.6 Å². The molecule has 5 heteroatoms. The van der Waals surface area contributed by atoms with Crippen LogP contribution in [0.15, 0.2) is 18.2 Å². The number of ether oxygens (including phenoxy) is 2. The number of unbranched alkanes of at least 4 members (excludes halogenated alkanes) is 2. The molecule has 1 aromatic carbocycles. The van der Waals surface area contributed by atoms with Crippen molar-refractivity contribution in [1.82, 2.24) is 0 Å². The summed E-state index contributed by atoms with van der Waals surface area (Å²) in [4.78, 5) is 11.5. The minimum Gasteiger partial charge on any atom is -0.493 e. The van der Waals surface area contributed by atoms with Crippen molar-refractivity contribution in [2.45, 2.75) is 39.5 Å². The van der Waals surface area contributed by atoms with Crippen LogP contribution in [0.5, 0.6) is 5.75 Å². The summed E-state index contributed by atoms with van der Waals surface area (Å²) in [5, 5.41) is 0. The van der Waals surface area contributed by atoms with Crippen molar-refractivity contribution < 1.29 is 14.3 Å². The van der Waals surface area contributed by atoms with Gasteiger partial charge in [0.1, 0.15) is 10.7 Å². The number of benzene rings is 1. The summed E-state index contributed by atoms with van der Waals surface area (Å²) in [6, 6.07) is 5.71. The van der Waals surface area contributed by atoms with Crippen LogP contribution in [0, 0.1) is 6.92 Å². The molecular formula is C16H23NO3S. The normalized spacial score (nSPS) is 10.2. The standard InChI is InChI=1S/C16H23NO3S/c1-3-19-15(18)7-5-4-6-10-20-14-11-13(16(17)21)9-8-12(14)2/h8-9,11H,3-7,10H2,1-2H3,(H2,17,21). The van der Waals surface area contributed by atoms with E-state index in [1.54, 1.807) is 0 Å². The molecule has 0 heterocycles. The molecule has 4 nitrogen and oxygen atoms in total. The third-order valence-electron chi connectivity index (χ3n) is 3.06. The molecule has 0 amide bonds. The first-order valence-electron chi connectivity index (χ1n) is 7.23. The molecule has 0 spiro atoms. The molecule has 0 aliphatic rings. The van der Waals surface area contributed by atoms with Crippen molar-refractivity contribution in [3.63, 3.8) is 0 Å². The maximum Gasteiger partial charge on any atom is 0.305 e. The van der Waals surface area contributed by atoms with Gasteiger partial charge in [-0.25, -0.2) is 0 Å². The van der Waals surface area contributed by atoms with Crippen LogP contribution >= 0.6 is 12.2 Å². The maximum absolute atomic E-state index is 11.2. The number of rotatable bonds is 9. The Morgan fingerprint density at radius 2 is 2.05 bits per heavy atom. The summed E-state index contributed by atoms with van der Waals surface area (Å²) >= 11 is 4.96. The molecule has 0 atom stereocenters. The SMILES string of the molecule is CCOC(=O)CCCCCOc1cc(C(N)=S)ccc1C. The fraction of sp³-hybridized carbons (Fsp3) is 0.500. The lowest BCUT2D eigenvalue weighted by atomic mass is 10.1. The van der Waals surface area contributed by atoms with Gasteiger partial charge in [0.25, 0.3) is 0 Å². The van der Waals surface area contributed by atoms with Crippen LogP contribution in [-0.2, 0) is 9.53 Å². The molecule has 0 aliphatic carbocycles. The monoisotopic (exact) mass is 309 g/mol. The van der Waals surface area contributed by atoms with Crippen molar-refractivity contribution in [3.8, 4) is 5.75 Å². The minimum absolute atomic E-state index is 0.126. The van der Waals surface area contributed by atoms with E-state index in [2.05, 4.69) is 0 Å². The number of carbonyl (C=O) groups excluding carboxylic acids is 1. The van der Waals surface area contributed by atoms with E-state index in [-0.39, 0.29) is 5.97 Å². The predicted octanol–water partition coefficient (Wildman–Crippen LogP) is 3.13. The number of thiocarbonyl (C=S) groups is 1. The van der Waals surface area contributed by atoms with Gasteiger partial charge in [0.15, 0.2) is 0 Å². The lowest BCUT2D eigenvalue weighted by Crippen LogP contribution is -2.10. The second-order valence-corrected chi connectivity index (χ2v) is 5.25. The maximum atomic E-state index is 11.2. The molecule has 116 valence electrons. The van der Waals surface area contributed by atoms with Gasteiger partial charge in [-0.15, -0.1) is 0 Å². The number of hydrogen-bond donors (Lipinski definition) is 1. The average Bonchev–Trinajstić information content (AvgIpc) is 2.44. The fourth-order valence-corrected chi connectivity index (χ4v) is 2.00. The smallest absolute Gasteiger partial charge is 0.305 e. The van der Waals surface area contributed by atoms with Gasteiger partial charge < -0.3 is 15.2 Å². The predicted molar refractivity (Wildman–Crippen MR) is 87.7 cm³/mol. The Morgan fingerprint density at radius 1 is 1.29 bits per heavy atom. The number of nitrogens with two attached hydrogens (primary N) is 1. The first-order valence-corrected chi connectivity index (χ1v) is 7.64. The average molecular weight is 309 g/mol. The van der Waals surface area contributed by atoms with Crippen LogP contribution in [0.4, 0.5) is 0 Å². The number of carbonyl (C=O) groups is 1. The molecule has 0 bridgehead atoms. The molecule has 0 aromatic heterocycles. The van der Waals surface area contributed by atoms with E-state index in [1.165, 1.54) is 0 Å². The van der Waals surface area contributed by atoms with Crippen LogP contribution < -0.4 is 10.5 Å². The quantitative estimate of drug-likeness (QED) is 0.431. The molecule has 1 aromatic rings. The van der Waals surface area contributed by atoms with Gasteiger partial charge in [0.2, 0.25) is 0 Å². The number of aryl methyl sites for hydroxylation is 1. The Kier molecular flexibility index (Phi) is 7.75. The summed E-state index contributed by atoms with van der Waals surface area (Å²) in [6.45, 7) is 4.86. The molecule has 0 saturated carbocycles. The molecule has 0 saturated heterocycles. The van der Waals surface area contributed by atoms with Gasteiger partial charge in [0, 0.05) is 12.0 Å². The van der Waals surface area contributed by atoms with E-state index in [9.17, 15) is 4.79 Å². The van der Waals surface area contributed by atoms with Crippen LogP contribution in [-0.4, -0.2) is 24.2 Å². The second-order valence-electron chi connectivity index (χ2n) is 4.81. The van der Waals surface area contributed by atoms with Gasteiger partial charge in [-0.1, -0.05) is 24.4 Å². The highest BCUT2D eigenvalue weighted by Gasteiger charge is 2.04. The molecule has 0 aliphatic heterocycles. The Labute approximate surface area is 131 Å². The summed E-state index contributed by atoms with van der Waals surface area (Å²) in [7, 11) is 0. The largest absolute Gasteiger partial charge is 0.493 e. The number of esters is 1. The van der Waals surface area contributed by atoms with Gasteiger partial charge in [0.05, 0.1) is 13.2 Å². The molecule has 0 fully saturated rings. The van der Waals surface area contributed by atoms with E-state index >= 15 is 0 Å². The van der Waals surface area contributed by atoms with Crippen LogP contribution in [0.25, 0.3) is 0 Å². The van der Waals surface area contributed by atoms with Crippen molar-refractivity contribution in [1.29, 1.82) is 0 Å². The van der Waals surface area contributed by atoms with Crippen molar-refractivity contribution in [2.24, 2.45) is 5.73 Å². The third kappa shape index (κ3) is 6.58. The summed E-state index contributed by atoms with van der Waals surface area (Å²) in [5.41, 5.74) is 7.48. The van der Waals surface area contributed by atoms with Crippen molar-refractivity contribution >= 4 is 23.2 Å². The Balaban J connectivity index is 2.28. The van der Waals surface area contributed by atoms with Gasteiger partial charge in [-0.2, -0.15) is 0 Å². The van der Waals surface area contributed by atoms with E-state index in [4.69, 9.17) is 27.4 Å². The minimum atomic E-state index is -0.126. The summed E-state index contributed by atoms with van der Waals surface area (Å²) < 4.78 is 10.6. The highest BCUT2D eigenvalue weighted by Crippen LogP contribution is 2.20. The fourth-order valence-electron chi connectivity index (χ4n) is 1.87. The molecular weight excluding hydrogens is 286 g/mol. The Morgan fingerprint density at radius 3 is 2.71 bits per heavy atom. The molecule has 1 rings (SSSR count). The highest BCUT2D eigenvalue weighted by atomic mass is 32.1. The number of hydrogen-bond acceptors (Lipinski definition) is 4. The van der Waals surface area contributed by atoms with E-state index in [0.717, 1.165) is 36.1 Å². The van der Waals surface area contributed by atoms with Gasteiger partial charge >= 0.3 is 5.97 Å². The Hall–Kier alpha value is -1.62. The lowest BCUT2D eigenvalue weighted by molar-refractivity contribution is -0.143. The first-order chi connectivity index (χ1) is 10.0. The molecule has 0 unspecified atom stereocenters. The van der Waals surface area contributed by atoms with Crippen LogP contribution in [0.2, 0.25) is 0 Å². The zero-order valence-electron chi connectivity index (χ0n) is 12.7. The van der Waals surface area contributed by atoms with Gasteiger partial charge in [-0.05, 0) is 44.7 Å². The second kappa shape index (κ2) is 9.34. The van der Waals surface area contributed by atoms with Crippen LogP contribution in [0.1, 0.15) is 43.7 Å². The summed E-state index contributed by atoms with van der Waals surface area (Å²) in [6.07, 6.45) is 3.14. The highest BCUT2D eigenvalue weighted by molar-refractivity contribution is 7.80. The zero-order chi connectivity index (χ0) is 15.7. The third-order valence-corrected chi connectivity index (χ3v) is 3.30.